The molecule has 2 atom stereocenters. The number of carboxylic acids is 1. The number of carbonyl (C=O) groups is 2. The van der Waals surface area contributed by atoms with Crippen LogP contribution in [0, 0.1) is 11.8 Å². The first-order valence-electron chi connectivity index (χ1n) is 13.6. The quantitative estimate of drug-likeness (QED) is 0.238. The molecule has 1 fully saturated rings. The molecule has 4 aromatic rings. The van der Waals surface area contributed by atoms with Crippen molar-refractivity contribution in [3.05, 3.63) is 107 Å². The number of anilines is 1. The lowest BCUT2D eigenvalue weighted by Crippen LogP contribution is -2.33. The lowest BCUT2D eigenvalue weighted by Gasteiger charge is -2.34. The van der Waals surface area contributed by atoms with Gasteiger partial charge in [-0.25, -0.2) is 0 Å². The highest BCUT2D eigenvalue weighted by atomic mass is 35.5. The van der Waals surface area contributed by atoms with E-state index in [2.05, 4.69) is 34.6 Å². The highest BCUT2D eigenvalue weighted by Crippen LogP contribution is 2.41. The minimum atomic E-state index is -0.846. The Morgan fingerprint density at radius 3 is 2.33 bits per heavy atom. The Hall–Kier alpha value is -3.70. The lowest BCUT2D eigenvalue weighted by atomic mass is 9.71. The van der Waals surface area contributed by atoms with Crippen LogP contribution in [0.1, 0.15) is 61.1 Å². The van der Waals surface area contributed by atoms with Crippen LogP contribution in [0.15, 0.2) is 85.1 Å². The molecule has 0 aliphatic heterocycles. The third-order valence-electron chi connectivity index (χ3n) is 8.22. The summed E-state index contributed by atoms with van der Waals surface area (Å²) in [6.07, 6.45) is 6.49. The lowest BCUT2D eigenvalue weighted by molar-refractivity contribution is -0.138. The summed E-state index contributed by atoms with van der Waals surface area (Å²) in [5, 5.41) is 14.3. The van der Waals surface area contributed by atoms with E-state index in [-0.39, 0.29) is 17.7 Å². The monoisotopic (exact) mass is 540 g/mol. The van der Waals surface area contributed by atoms with Crippen LogP contribution >= 0.6 is 11.6 Å². The van der Waals surface area contributed by atoms with Crippen LogP contribution < -0.4 is 5.32 Å². The predicted molar refractivity (Wildman–Crippen MR) is 156 cm³/mol. The van der Waals surface area contributed by atoms with E-state index < -0.39 is 11.9 Å². The maximum absolute atomic E-state index is 13.7. The molecule has 0 spiro atoms. The molecule has 0 radical (unpaired) electrons. The minimum Gasteiger partial charge on any atom is -0.481 e. The van der Waals surface area contributed by atoms with Crippen LogP contribution in [0.5, 0.6) is 0 Å². The number of aliphatic carboxylic acids is 1. The number of halogens is 1. The van der Waals surface area contributed by atoms with Crippen molar-refractivity contribution >= 4 is 40.1 Å². The first kappa shape index (κ1) is 26.9. The van der Waals surface area contributed by atoms with Gasteiger partial charge in [-0.15, -0.1) is 0 Å². The smallest absolute Gasteiger partial charge is 0.310 e. The summed E-state index contributed by atoms with van der Waals surface area (Å²) < 4.78 is 0. The maximum atomic E-state index is 13.7. The number of nitrogens with one attached hydrogen (secondary N) is 1. The zero-order valence-electron chi connectivity index (χ0n) is 22.0. The Morgan fingerprint density at radius 1 is 0.949 bits per heavy atom. The predicted octanol–water partition coefficient (Wildman–Crippen LogP) is 7.85. The van der Waals surface area contributed by atoms with Gasteiger partial charge in [-0.05, 0) is 104 Å². The van der Waals surface area contributed by atoms with Crippen molar-refractivity contribution in [2.24, 2.45) is 11.8 Å². The van der Waals surface area contributed by atoms with Crippen LogP contribution in [0.3, 0.4) is 0 Å². The Morgan fingerprint density at radius 2 is 1.64 bits per heavy atom. The standard InChI is InChI=1S/C33H33ClN2O3/c1-21(33(38)39)23-8-6-22(7-9-23)20-30(32(37)36-27-16-14-26(34)15-17-27)25-12-10-24(11-13-25)28-18-19-35-31-5-3-2-4-29(28)31/h2-9,14-19,21,24-25,30H,10-13,20H2,1H3,(H,36,37)(H,38,39)/t21-,24?,25?,30-/m1/s1. The first-order chi connectivity index (χ1) is 18.9. The van der Waals surface area contributed by atoms with Crippen molar-refractivity contribution in [2.45, 2.75) is 50.9 Å². The Bertz CT molecular complexity index is 1440. The molecule has 39 heavy (non-hydrogen) atoms. The fourth-order valence-corrected chi connectivity index (χ4v) is 6.01. The van der Waals surface area contributed by atoms with Crippen LogP contribution in [-0.2, 0) is 16.0 Å². The Balaban J connectivity index is 1.34. The highest BCUT2D eigenvalue weighted by molar-refractivity contribution is 6.30. The van der Waals surface area contributed by atoms with Gasteiger partial charge in [0, 0.05) is 28.2 Å². The zero-order valence-corrected chi connectivity index (χ0v) is 22.8. The molecule has 0 unspecified atom stereocenters. The van der Waals surface area contributed by atoms with Gasteiger partial charge in [-0.3, -0.25) is 14.6 Å². The second kappa shape index (κ2) is 12.0. The summed E-state index contributed by atoms with van der Waals surface area (Å²) in [5.74, 6) is -0.897. The van der Waals surface area contributed by atoms with Gasteiger partial charge in [0.05, 0.1) is 11.4 Å². The number of carboxylic acid groups (broad SMARTS) is 1. The summed E-state index contributed by atoms with van der Waals surface area (Å²) in [6, 6.07) is 25.3. The van der Waals surface area contributed by atoms with Crippen molar-refractivity contribution in [1.82, 2.24) is 4.98 Å². The number of carbonyl (C=O) groups excluding carboxylic acids is 1. The molecule has 200 valence electrons. The molecule has 5 nitrogen and oxygen atoms in total. The third-order valence-corrected chi connectivity index (χ3v) is 8.47. The first-order valence-corrected chi connectivity index (χ1v) is 14.0. The molecule has 1 heterocycles. The van der Waals surface area contributed by atoms with Crippen molar-refractivity contribution < 1.29 is 14.7 Å². The van der Waals surface area contributed by atoms with E-state index in [0.717, 1.165) is 48.0 Å². The average molecular weight is 541 g/mol. The molecule has 1 aliphatic carbocycles. The van der Waals surface area contributed by atoms with Gasteiger partial charge in [-0.2, -0.15) is 0 Å². The molecule has 0 saturated heterocycles. The largest absolute Gasteiger partial charge is 0.481 e. The van der Waals surface area contributed by atoms with Gasteiger partial charge >= 0.3 is 5.97 Å². The average Bonchev–Trinajstić information content (AvgIpc) is 2.97. The highest BCUT2D eigenvalue weighted by Gasteiger charge is 2.33. The Labute approximate surface area is 234 Å². The number of aromatic nitrogens is 1. The summed E-state index contributed by atoms with van der Waals surface area (Å²) in [7, 11) is 0. The normalized spacial score (nSPS) is 18.8. The van der Waals surface area contributed by atoms with Crippen LogP contribution in [-0.4, -0.2) is 22.0 Å². The topological polar surface area (TPSA) is 79.3 Å². The van der Waals surface area contributed by atoms with Crippen molar-refractivity contribution in [3.63, 3.8) is 0 Å². The van der Waals surface area contributed by atoms with Crippen molar-refractivity contribution in [1.29, 1.82) is 0 Å². The number of amides is 1. The molecule has 1 aromatic heterocycles. The minimum absolute atomic E-state index is 0.0121. The summed E-state index contributed by atoms with van der Waals surface area (Å²) in [4.78, 5) is 29.6. The van der Waals surface area contributed by atoms with Crippen molar-refractivity contribution in [3.8, 4) is 0 Å². The molecule has 3 aromatic carbocycles. The van der Waals surface area contributed by atoms with Gasteiger partial charge in [0.1, 0.15) is 0 Å². The van der Waals surface area contributed by atoms with Crippen LogP contribution in [0.4, 0.5) is 5.69 Å². The van der Waals surface area contributed by atoms with E-state index in [4.69, 9.17) is 11.6 Å². The van der Waals surface area contributed by atoms with Gasteiger partial charge in [0.15, 0.2) is 0 Å². The van der Waals surface area contributed by atoms with E-state index in [1.165, 1.54) is 10.9 Å². The number of rotatable bonds is 8. The van der Waals surface area contributed by atoms with E-state index in [9.17, 15) is 14.7 Å². The molecule has 1 saturated carbocycles. The molecule has 2 N–H and O–H groups in total. The molecule has 6 heteroatoms. The molecule has 1 amide bonds. The van der Waals surface area contributed by atoms with Crippen LogP contribution in [0.2, 0.25) is 5.02 Å². The number of hydrogen-bond donors (Lipinski definition) is 2. The number of para-hydroxylation sites is 1. The number of benzene rings is 3. The Kier molecular flexibility index (Phi) is 8.27. The van der Waals surface area contributed by atoms with Gasteiger partial charge < -0.3 is 10.4 Å². The molecule has 0 bridgehead atoms. The number of nitrogens with zero attached hydrogens (tertiary/aromatic N) is 1. The molecular weight excluding hydrogens is 508 g/mol. The molecule has 1 aliphatic rings. The van der Waals surface area contributed by atoms with Gasteiger partial charge in [0.2, 0.25) is 5.91 Å². The van der Waals surface area contributed by atoms with E-state index >= 15 is 0 Å². The zero-order chi connectivity index (χ0) is 27.4. The molecule has 5 rings (SSSR count). The van der Waals surface area contributed by atoms with Gasteiger partial charge in [-0.1, -0.05) is 54.1 Å². The van der Waals surface area contributed by atoms with E-state index in [0.29, 0.717) is 17.4 Å². The van der Waals surface area contributed by atoms with Crippen molar-refractivity contribution in [2.75, 3.05) is 5.32 Å². The molecular formula is C33H33ClN2O3. The second-order valence-corrected chi connectivity index (χ2v) is 11.1. The fourth-order valence-electron chi connectivity index (χ4n) is 5.89. The SMILES string of the molecule is C[C@@H](C(=O)O)c1ccc(C[C@@H](C(=O)Nc2ccc(Cl)cc2)C2CCC(c3ccnc4ccccc34)CC2)cc1. The van der Waals surface area contributed by atoms with Gasteiger partial charge in [0.25, 0.3) is 0 Å². The van der Waals surface area contributed by atoms with E-state index in [1.807, 2.05) is 48.7 Å². The third kappa shape index (κ3) is 6.31. The summed E-state index contributed by atoms with van der Waals surface area (Å²) in [5.41, 5.74) is 4.91. The number of fused-ring (bicyclic) bond motifs is 1. The number of pyridine rings is 1. The van der Waals surface area contributed by atoms with Crippen LogP contribution in [0.25, 0.3) is 10.9 Å². The maximum Gasteiger partial charge on any atom is 0.310 e. The fraction of sp³-hybridized carbons (Fsp3) is 0.303. The van der Waals surface area contributed by atoms with E-state index in [1.54, 1.807) is 19.1 Å². The number of hydrogen-bond acceptors (Lipinski definition) is 3. The summed E-state index contributed by atoms with van der Waals surface area (Å²) in [6.45, 7) is 1.68. The summed E-state index contributed by atoms with van der Waals surface area (Å²) >= 11 is 6.04. The second-order valence-electron chi connectivity index (χ2n) is 10.6.